The molecule has 4 heterocycles. The molecule has 1 N–H and O–H groups in total. The summed E-state index contributed by atoms with van der Waals surface area (Å²) < 4.78 is 45.8. The number of carboxylic acids is 1. The third-order valence-electron chi connectivity index (χ3n) is 6.12. The van der Waals surface area contributed by atoms with Gasteiger partial charge in [-0.1, -0.05) is 12.1 Å². The Labute approximate surface area is 194 Å². The maximum atomic E-state index is 10.6. The monoisotopic (exact) mass is 477 g/mol. The Kier molecular flexibility index (Phi) is 6.44. The van der Waals surface area contributed by atoms with Crippen molar-refractivity contribution in [2.45, 2.75) is 51.1 Å². The molecule has 5 rings (SSSR count). The first kappa shape index (κ1) is 23.9. The molecule has 0 aliphatic carbocycles. The second kappa shape index (κ2) is 9.17. The predicted molar refractivity (Wildman–Crippen MR) is 117 cm³/mol. The van der Waals surface area contributed by atoms with Crippen LogP contribution in [0, 0.1) is 0 Å². The summed E-state index contributed by atoms with van der Waals surface area (Å²) in [5.74, 6) is -1.77. The maximum absolute atomic E-state index is 10.6. The number of nitrogens with zero attached hydrogens (tertiary/aromatic N) is 3. The Morgan fingerprint density at radius 3 is 2.47 bits per heavy atom. The van der Waals surface area contributed by atoms with E-state index in [0.29, 0.717) is 6.04 Å². The molecule has 1 fully saturated rings. The maximum Gasteiger partial charge on any atom is 0.490 e. The number of para-hydroxylation sites is 1. The summed E-state index contributed by atoms with van der Waals surface area (Å²) in [4.78, 5) is 11.4. The minimum absolute atomic E-state index is 0.274. The number of piperidine rings is 1. The molecular formula is C24H26F3N3O4. The Hall–Kier alpha value is -3.27. The second-order valence-corrected chi connectivity index (χ2v) is 8.75. The van der Waals surface area contributed by atoms with Crippen molar-refractivity contribution < 1.29 is 32.2 Å². The van der Waals surface area contributed by atoms with Crippen molar-refractivity contribution >= 4 is 5.97 Å². The molecule has 2 aliphatic heterocycles. The van der Waals surface area contributed by atoms with E-state index in [9.17, 15) is 13.2 Å². The number of rotatable bonds is 3. The van der Waals surface area contributed by atoms with E-state index in [1.807, 2.05) is 18.5 Å². The largest absolute Gasteiger partial charge is 0.490 e. The van der Waals surface area contributed by atoms with E-state index in [-0.39, 0.29) is 5.60 Å². The minimum atomic E-state index is -5.08. The molecule has 1 spiro atoms. The minimum Gasteiger partial charge on any atom is -0.482 e. The van der Waals surface area contributed by atoms with Crippen molar-refractivity contribution in [3.8, 4) is 17.0 Å². The molecular weight excluding hydrogens is 451 g/mol. The SMILES string of the molecule is CC(C)n1ncc2c1-c1ccccc1OC21CCN(Cc2ccoc2)CC1.O=C(O)C(F)(F)F. The zero-order valence-electron chi connectivity index (χ0n) is 18.9. The van der Waals surface area contributed by atoms with Gasteiger partial charge in [0.1, 0.15) is 11.4 Å². The third-order valence-corrected chi connectivity index (χ3v) is 6.12. The molecule has 0 saturated carbocycles. The number of hydrogen-bond donors (Lipinski definition) is 1. The number of halogens is 3. The van der Waals surface area contributed by atoms with E-state index in [1.54, 1.807) is 6.26 Å². The van der Waals surface area contributed by atoms with E-state index in [4.69, 9.17) is 24.2 Å². The van der Waals surface area contributed by atoms with Crippen molar-refractivity contribution in [2.75, 3.05) is 13.1 Å². The zero-order valence-corrected chi connectivity index (χ0v) is 18.9. The zero-order chi connectivity index (χ0) is 24.5. The van der Waals surface area contributed by atoms with Crippen LogP contribution in [0.4, 0.5) is 13.2 Å². The highest BCUT2D eigenvalue weighted by Crippen LogP contribution is 2.50. The van der Waals surface area contributed by atoms with Gasteiger partial charge in [-0.2, -0.15) is 18.3 Å². The topological polar surface area (TPSA) is 80.7 Å². The number of furan rings is 1. The number of fused-ring (bicyclic) bond motifs is 4. The molecule has 0 unspecified atom stereocenters. The molecule has 0 atom stereocenters. The Bertz CT molecular complexity index is 1130. The van der Waals surface area contributed by atoms with Gasteiger partial charge >= 0.3 is 12.1 Å². The number of aromatic nitrogens is 2. The molecule has 1 aromatic carbocycles. The molecule has 0 bridgehead atoms. The quantitative estimate of drug-likeness (QED) is 0.556. The van der Waals surface area contributed by atoms with Crippen molar-refractivity contribution in [3.05, 3.63) is 60.2 Å². The smallest absolute Gasteiger partial charge is 0.482 e. The highest BCUT2D eigenvalue weighted by Gasteiger charge is 2.45. The van der Waals surface area contributed by atoms with Crippen LogP contribution >= 0.6 is 0 Å². The molecule has 2 aliphatic rings. The molecule has 0 amide bonds. The first-order valence-corrected chi connectivity index (χ1v) is 11.0. The number of alkyl halides is 3. The van der Waals surface area contributed by atoms with Crippen LogP contribution in [0.2, 0.25) is 0 Å². The lowest BCUT2D eigenvalue weighted by Crippen LogP contribution is -2.47. The van der Waals surface area contributed by atoms with E-state index in [1.165, 1.54) is 16.8 Å². The van der Waals surface area contributed by atoms with Crippen LogP contribution in [0.5, 0.6) is 5.75 Å². The Balaban J connectivity index is 0.000000344. The predicted octanol–water partition coefficient (Wildman–Crippen LogP) is 5.24. The van der Waals surface area contributed by atoms with Crippen molar-refractivity contribution in [1.82, 2.24) is 14.7 Å². The summed E-state index contributed by atoms with van der Waals surface area (Å²) in [7, 11) is 0. The summed E-state index contributed by atoms with van der Waals surface area (Å²) in [6.07, 6.45) is 2.47. The lowest BCUT2D eigenvalue weighted by Gasteiger charge is -2.44. The Morgan fingerprint density at radius 1 is 1.21 bits per heavy atom. The molecule has 3 aromatic rings. The number of benzene rings is 1. The van der Waals surface area contributed by atoms with Gasteiger partial charge < -0.3 is 14.3 Å². The second-order valence-electron chi connectivity index (χ2n) is 8.75. The van der Waals surface area contributed by atoms with Gasteiger partial charge in [-0.15, -0.1) is 0 Å². The number of ether oxygens (including phenoxy) is 1. The average molecular weight is 477 g/mol. The van der Waals surface area contributed by atoms with Crippen LogP contribution in [0.25, 0.3) is 11.3 Å². The summed E-state index contributed by atoms with van der Waals surface area (Å²) in [5, 5.41) is 11.9. The first-order chi connectivity index (χ1) is 16.1. The van der Waals surface area contributed by atoms with E-state index in [0.717, 1.165) is 43.8 Å². The number of aliphatic carboxylic acids is 1. The van der Waals surface area contributed by atoms with Crippen LogP contribution in [-0.4, -0.2) is 45.0 Å². The van der Waals surface area contributed by atoms with Crippen molar-refractivity contribution in [1.29, 1.82) is 0 Å². The summed E-state index contributed by atoms with van der Waals surface area (Å²) in [5.41, 5.74) is 4.59. The number of carbonyl (C=O) groups is 1. The summed E-state index contributed by atoms with van der Waals surface area (Å²) in [6.45, 7) is 7.30. The normalized spacial score (nSPS) is 16.9. The number of likely N-dealkylation sites (tertiary alicyclic amines) is 1. The van der Waals surface area contributed by atoms with Crippen molar-refractivity contribution in [3.63, 3.8) is 0 Å². The molecule has 34 heavy (non-hydrogen) atoms. The van der Waals surface area contributed by atoms with Crippen LogP contribution < -0.4 is 4.74 Å². The first-order valence-electron chi connectivity index (χ1n) is 11.0. The van der Waals surface area contributed by atoms with Gasteiger partial charge in [0, 0.05) is 55.2 Å². The van der Waals surface area contributed by atoms with Gasteiger partial charge in [-0.25, -0.2) is 4.79 Å². The van der Waals surface area contributed by atoms with E-state index >= 15 is 0 Å². The van der Waals surface area contributed by atoms with Crippen LogP contribution in [0.15, 0.2) is 53.5 Å². The molecule has 7 nitrogen and oxygen atoms in total. The third kappa shape index (κ3) is 4.68. The standard InChI is InChI=1S/C22H25N3O2.C2HF3O2/c1-16(2)25-21-18-5-3-4-6-20(18)27-22(19(21)13-23-25)8-10-24(11-9-22)14-17-7-12-26-15-17;3-2(4,5)1(6)7/h3-7,12-13,15-16H,8-11,14H2,1-2H3;(H,6,7). The lowest BCUT2D eigenvalue weighted by atomic mass is 9.81. The van der Waals surface area contributed by atoms with Gasteiger partial charge in [0.05, 0.1) is 24.4 Å². The fourth-order valence-corrected chi connectivity index (χ4v) is 4.46. The van der Waals surface area contributed by atoms with Gasteiger partial charge in [0.15, 0.2) is 0 Å². The number of hydrogen-bond acceptors (Lipinski definition) is 5. The van der Waals surface area contributed by atoms with E-state index < -0.39 is 12.1 Å². The van der Waals surface area contributed by atoms with Crippen LogP contribution in [-0.2, 0) is 16.9 Å². The molecule has 1 saturated heterocycles. The van der Waals surface area contributed by atoms with Crippen LogP contribution in [0.1, 0.15) is 43.9 Å². The lowest BCUT2D eigenvalue weighted by molar-refractivity contribution is -0.192. The van der Waals surface area contributed by atoms with E-state index in [2.05, 4.69) is 47.7 Å². The molecule has 10 heteroatoms. The average Bonchev–Trinajstić information content (AvgIpc) is 3.46. The van der Waals surface area contributed by atoms with Gasteiger partial charge in [-0.05, 0) is 32.0 Å². The fraction of sp³-hybridized carbons (Fsp3) is 0.417. The Morgan fingerprint density at radius 2 is 1.88 bits per heavy atom. The van der Waals surface area contributed by atoms with Crippen LogP contribution in [0.3, 0.4) is 0 Å². The highest BCUT2D eigenvalue weighted by atomic mass is 19.4. The molecule has 2 aromatic heterocycles. The van der Waals surface area contributed by atoms with Gasteiger partial charge in [0.2, 0.25) is 0 Å². The molecule has 0 radical (unpaired) electrons. The van der Waals surface area contributed by atoms with Gasteiger partial charge in [0.25, 0.3) is 0 Å². The fourth-order valence-electron chi connectivity index (χ4n) is 4.46. The highest BCUT2D eigenvalue weighted by molar-refractivity contribution is 5.74. The summed E-state index contributed by atoms with van der Waals surface area (Å²) >= 11 is 0. The molecule has 182 valence electrons. The van der Waals surface area contributed by atoms with Gasteiger partial charge in [-0.3, -0.25) is 9.58 Å². The number of carboxylic acid groups (broad SMARTS) is 1. The van der Waals surface area contributed by atoms with Crippen molar-refractivity contribution in [2.24, 2.45) is 0 Å². The summed E-state index contributed by atoms with van der Waals surface area (Å²) in [6, 6.07) is 10.7.